The van der Waals surface area contributed by atoms with Crippen LogP contribution in [0, 0.1) is 0 Å². The zero-order chi connectivity index (χ0) is 60.0. The van der Waals surface area contributed by atoms with E-state index in [-0.39, 0.29) is 18.9 Å². The third-order valence-electron chi connectivity index (χ3n) is 14.6. The van der Waals surface area contributed by atoms with Gasteiger partial charge in [0.25, 0.3) is 0 Å². The standard InChI is InChI=1S/C74H121NO8/c1-3-5-7-9-11-13-15-17-19-21-23-25-27-29-31-32-33-34-35-36-38-40-42-44-46-48-50-52-54-56-58-60-62-64-70(78)75-67(66-82-74-73(81)72(80)71(79)69(65-76)83-74)68(77)63-61-59-57-55-53-51-49-47-45-43-41-39-37-30-28-26-24-22-20-18-16-14-12-10-8-6-4-2/h5,7,11,13,17,19,23,25,29,31,33-34,36,38,42,44-45,47-48,50,53-56,61,63,67-69,71-74,76-77,79-81H,3-4,6,8-10,12,14-16,18,20-22,24,26-28,30,32,35,37,39-41,43,46,49,51-52,57-60,62,64-66H2,1-2H3,(H,75,78)/b7-5-,13-11-,19-17-,25-23-,31-29-,34-33-,38-36-,44-42-,47-45+,50-48-,55-53+,56-54-,63-61+. The molecule has 6 N–H and O–H groups in total. The first-order valence-electron chi connectivity index (χ1n) is 33.2. The summed E-state index contributed by atoms with van der Waals surface area (Å²) in [5, 5.41) is 54.6. The predicted octanol–water partition coefficient (Wildman–Crippen LogP) is 18.0. The van der Waals surface area contributed by atoms with E-state index in [0.29, 0.717) is 12.8 Å². The lowest BCUT2D eigenvalue weighted by atomic mass is 9.99. The predicted molar refractivity (Wildman–Crippen MR) is 354 cm³/mol. The lowest BCUT2D eigenvalue weighted by molar-refractivity contribution is -0.302. The van der Waals surface area contributed by atoms with Crippen LogP contribution < -0.4 is 5.32 Å². The molecule has 1 fully saturated rings. The van der Waals surface area contributed by atoms with E-state index in [1.165, 1.54) is 109 Å². The first kappa shape index (κ1) is 76.8. The van der Waals surface area contributed by atoms with Crippen molar-refractivity contribution >= 4 is 5.91 Å². The molecule has 0 bridgehead atoms. The summed E-state index contributed by atoms with van der Waals surface area (Å²) < 4.78 is 11.3. The smallest absolute Gasteiger partial charge is 0.220 e. The van der Waals surface area contributed by atoms with Gasteiger partial charge in [-0.1, -0.05) is 275 Å². The molecule has 0 aliphatic carbocycles. The second kappa shape index (κ2) is 60.9. The van der Waals surface area contributed by atoms with Crippen molar-refractivity contribution in [3.63, 3.8) is 0 Å². The Morgan fingerprint density at radius 3 is 1.16 bits per heavy atom. The summed E-state index contributed by atoms with van der Waals surface area (Å²) in [6.45, 7) is 3.62. The van der Waals surface area contributed by atoms with Gasteiger partial charge < -0.3 is 40.3 Å². The molecule has 1 heterocycles. The number of unbranched alkanes of at least 4 members (excludes halogenated alkanes) is 21. The molecule has 0 spiro atoms. The van der Waals surface area contributed by atoms with E-state index in [4.69, 9.17) is 9.47 Å². The van der Waals surface area contributed by atoms with Crippen LogP contribution in [0.1, 0.15) is 245 Å². The number of carbonyl (C=O) groups is 1. The van der Waals surface area contributed by atoms with Crippen LogP contribution in [-0.2, 0) is 14.3 Å². The molecule has 9 heteroatoms. The Kier molecular flexibility index (Phi) is 56.4. The molecular formula is C74H121NO8. The van der Waals surface area contributed by atoms with Gasteiger partial charge >= 0.3 is 0 Å². The lowest BCUT2D eigenvalue weighted by Crippen LogP contribution is -2.60. The van der Waals surface area contributed by atoms with Gasteiger partial charge in [-0.25, -0.2) is 0 Å². The highest BCUT2D eigenvalue weighted by atomic mass is 16.7. The summed E-state index contributed by atoms with van der Waals surface area (Å²) in [7, 11) is 0. The second-order valence-electron chi connectivity index (χ2n) is 22.2. The molecule has 1 amide bonds. The van der Waals surface area contributed by atoms with Gasteiger partial charge in [0.2, 0.25) is 5.91 Å². The van der Waals surface area contributed by atoms with Gasteiger partial charge in [0.1, 0.15) is 24.4 Å². The Hall–Kier alpha value is -4.19. The molecule has 9 nitrogen and oxygen atoms in total. The van der Waals surface area contributed by atoms with Gasteiger partial charge in [-0.3, -0.25) is 4.79 Å². The van der Waals surface area contributed by atoms with Crippen molar-refractivity contribution in [2.75, 3.05) is 13.2 Å². The summed E-state index contributed by atoms with van der Waals surface area (Å²) in [4.78, 5) is 13.1. The molecule has 7 unspecified atom stereocenters. The van der Waals surface area contributed by atoms with E-state index in [1.807, 2.05) is 6.08 Å². The van der Waals surface area contributed by atoms with Crippen molar-refractivity contribution in [2.24, 2.45) is 0 Å². The lowest BCUT2D eigenvalue weighted by Gasteiger charge is -2.40. The largest absolute Gasteiger partial charge is 0.394 e. The number of aliphatic hydroxyl groups excluding tert-OH is 5. The molecule has 0 aromatic heterocycles. The second-order valence-corrected chi connectivity index (χ2v) is 22.2. The number of hydrogen-bond donors (Lipinski definition) is 6. The van der Waals surface area contributed by atoms with Gasteiger partial charge in [-0.05, 0) is 122 Å². The number of hydrogen-bond acceptors (Lipinski definition) is 8. The van der Waals surface area contributed by atoms with E-state index in [0.717, 1.165) is 103 Å². The molecule has 83 heavy (non-hydrogen) atoms. The highest BCUT2D eigenvalue weighted by Gasteiger charge is 2.44. The summed E-state index contributed by atoms with van der Waals surface area (Å²) in [5.41, 5.74) is 0. The van der Waals surface area contributed by atoms with Crippen molar-refractivity contribution in [2.45, 2.75) is 288 Å². The van der Waals surface area contributed by atoms with E-state index in [2.05, 4.69) is 165 Å². The quantitative estimate of drug-likeness (QED) is 0.0261. The van der Waals surface area contributed by atoms with Crippen molar-refractivity contribution in [3.8, 4) is 0 Å². The van der Waals surface area contributed by atoms with E-state index in [9.17, 15) is 30.3 Å². The molecule has 7 atom stereocenters. The number of rotatable bonds is 55. The molecule has 1 aliphatic heterocycles. The van der Waals surface area contributed by atoms with Crippen LogP contribution >= 0.6 is 0 Å². The Bertz CT molecular complexity index is 1860. The van der Waals surface area contributed by atoms with Crippen LogP contribution in [0.5, 0.6) is 0 Å². The molecule has 0 aromatic carbocycles. The maximum absolute atomic E-state index is 13.1. The third-order valence-corrected chi connectivity index (χ3v) is 14.6. The average Bonchev–Trinajstić information content (AvgIpc) is 3.61. The van der Waals surface area contributed by atoms with Gasteiger partial charge in [-0.15, -0.1) is 0 Å². The van der Waals surface area contributed by atoms with Crippen molar-refractivity contribution < 1.29 is 39.8 Å². The summed E-state index contributed by atoms with van der Waals surface area (Å²) >= 11 is 0. The zero-order valence-electron chi connectivity index (χ0n) is 52.4. The minimum atomic E-state index is -1.59. The Morgan fingerprint density at radius 1 is 0.422 bits per heavy atom. The van der Waals surface area contributed by atoms with Gasteiger partial charge in [0, 0.05) is 6.42 Å². The topological polar surface area (TPSA) is 149 Å². The average molecular weight is 1150 g/mol. The number of nitrogens with one attached hydrogen (secondary N) is 1. The van der Waals surface area contributed by atoms with Crippen molar-refractivity contribution in [1.82, 2.24) is 5.32 Å². The van der Waals surface area contributed by atoms with Gasteiger partial charge in [-0.2, -0.15) is 0 Å². The monoisotopic (exact) mass is 1150 g/mol. The minimum Gasteiger partial charge on any atom is -0.394 e. The van der Waals surface area contributed by atoms with Crippen LogP contribution in [-0.4, -0.2) is 87.5 Å². The van der Waals surface area contributed by atoms with Crippen molar-refractivity contribution in [1.29, 1.82) is 0 Å². The van der Waals surface area contributed by atoms with E-state index < -0.39 is 49.5 Å². The maximum atomic E-state index is 13.1. The van der Waals surface area contributed by atoms with Crippen LogP contribution in [0.4, 0.5) is 0 Å². The molecule has 1 saturated heterocycles. The fourth-order valence-electron chi connectivity index (χ4n) is 9.39. The first-order chi connectivity index (χ1) is 40.8. The fraction of sp³-hybridized carbons (Fsp3) is 0.635. The normalized spacial score (nSPS) is 19.3. The van der Waals surface area contributed by atoms with E-state index >= 15 is 0 Å². The molecule has 0 saturated carbocycles. The SMILES string of the molecule is CC/C=C\C/C=C\C/C=C\C/C=C\C/C=C\C/C=C\C/C=C\C/C=C\C/C=C\C/C=C\CCCCC(=O)NC(COC1OC(CO)C(O)C(O)C1O)C(O)/C=C/CC/C=C/CC/C=C/CCCCCCCCCCCCCCCCCCC. The number of aliphatic hydroxyl groups is 5. The van der Waals surface area contributed by atoms with Crippen LogP contribution in [0.25, 0.3) is 0 Å². The fourth-order valence-corrected chi connectivity index (χ4v) is 9.39. The zero-order valence-corrected chi connectivity index (χ0v) is 52.4. The molecule has 470 valence electrons. The molecule has 0 radical (unpaired) electrons. The highest BCUT2D eigenvalue weighted by Crippen LogP contribution is 2.23. The number of allylic oxidation sites excluding steroid dienone is 25. The van der Waals surface area contributed by atoms with Gasteiger partial charge in [0.15, 0.2) is 6.29 Å². The third kappa shape index (κ3) is 49.7. The molecule has 1 aliphatic rings. The number of ether oxygens (including phenoxy) is 2. The Morgan fingerprint density at radius 2 is 0.759 bits per heavy atom. The van der Waals surface area contributed by atoms with E-state index in [1.54, 1.807) is 6.08 Å². The van der Waals surface area contributed by atoms with Crippen LogP contribution in [0.2, 0.25) is 0 Å². The summed E-state index contributed by atoms with van der Waals surface area (Å²) in [5.74, 6) is -0.239. The first-order valence-corrected chi connectivity index (χ1v) is 33.2. The maximum Gasteiger partial charge on any atom is 0.220 e. The molecule has 0 aromatic rings. The molecule has 1 rings (SSSR count). The van der Waals surface area contributed by atoms with Crippen molar-refractivity contribution in [3.05, 3.63) is 158 Å². The summed E-state index contributed by atoms with van der Waals surface area (Å²) in [6, 6.07) is -0.866. The minimum absolute atomic E-state index is 0.234. The number of amides is 1. The Labute approximate surface area is 507 Å². The van der Waals surface area contributed by atoms with Crippen LogP contribution in [0.3, 0.4) is 0 Å². The highest BCUT2D eigenvalue weighted by molar-refractivity contribution is 5.76. The van der Waals surface area contributed by atoms with Gasteiger partial charge in [0.05, 0.1) is 25.4 Å². The number of carbonyl (C=O) groups excluding carboxylic acids is 1. The Balaban J connectivity index is 2.28. The summed E-state index contributed by atoms with van der Waals surface area (Å²) in [6.07, 6.45) is 89.0. The van der Waals surface area contributed by atoms with Crippen LogP contribution in [0.15, 0.2) is 158 Å². The molecular weight excluding hydrogens is 1030 g/mol.